The van der Waals surface area contributed by atoms with E-state index >= 15 is 0 Å². The van der Waals surface area contributed by atoms with Crippen LogP contribution in [0.15, 0.2) is 54.6 Å². The molecule has 0 unspecified atom stereocenters. The highest BCUT2D eigenvalue weighted by Crippen LogP contribution is 2.31. The summed E-state index contributed by atoms with van der Waals surface area (Å²) in [6.07, 6.45) is -4.66. The van der Waals surface area contributed by atoms with Gasteiger partial charge in [-0.15, -0.1) is 0 Å². The van der Waals surface area contributed by atoms with E-state index in [1.807, 2.05) is 11.5 Å². The SMILES string of the molecule is CN(CC(=O)NNC(=O)c1ccccc1C(F)(F)F)c1ccccc1. The van der Waals surface area contributed by atoms with Gasteiger partial charge >= 0.3 is 6.18 Å². The van der Waals surface area contributed by atoms with Crippen LogP contribution >= 0.6 is 0 Å². The quantitative estimate of drug-likeness (QED) is 0.833. The maximum Gasteiger partial charge on any atom is 0.417 e. The molecule has 0 heterocycles. The second-order valence-corrected chi connectivity index (χ2v) is 5.24. The van der Waals surface area contributed by atoms with Gasteiger partial charge in [-0.05, 0) is 24.3 Å². The monoisotopic (exact) mass is 351 g/mol. The average molecular weight is 351 g/mol. The van der Waals surface area contributed by atoms with E-state index in [0.717, 1.165) is 17.8 Å². The molecule has 2 amide bonds. The number of amides is 2. The van der Waals surface area contributed by atoms with Crippen LogP contribution in [0.3, 0.4) is 0 Å². The van der Waals surface area contributed by atoms with Crippen LogP contribution in [0.5, 0.6) is 0 Å². The number of hydrogen-bond donors (Lipinski definition) is 2. The van der Waals surface area contributed by atoms with E-state index in [1.165, 1.54) is 12.1 Å². The molecule has 0 fully saturated rings. The van der Waals surface area contributed by atoms with Gasteiger partial charge in [-0.2, -0.15) is 13.2 Å². The number of carbonyl (C=O) groups excluding carboxylic acids is 2. The van der Waals surface area contributed by atoms with E-state index in [9.17, 15) is 22.8 Å². The third kappa shape index (κ3) is 4.97. The predicted molar refractivity (Wildman–Crippen MR) is 86.8 cm³/mol. The van der Waals surface area contributed by atoms with E-state index in [1.54, 1.807) is 36.2 Å². The van der Waals surface area contributed by atoms with Crippen molar-refractivity contribution in [1.29, 1.82) is 0 Å². The van der Waals surface area contributed by atoms with E-state index in [2.05, 4.69) is 5.43 Å². The molecule has 0 saturated carbocycles. The van der Waals surface area contributed by atoms with Gasteiger partial charge < -0.3 is 4.90 Å². The third-order valence-electron chi connectivity index (χ3n) is 3.37. The molecular formula is C17H16F3N3O2. The van der Waals surface area contributed by atoms with Crippen molar-refractivity contribution in [3.8, 4) is 0 Å². The highest BCUT2D eigenvalue weighted by molar-refractivity contribution is 5.97. The number of para-hydroxylation sites is 1. The molecule has 0 spiro atoms. The van der Waals surface area contributed by atoms with E-state index in [0.29, 0.717) is 0 Å². The first kappa shape index (κ1) is 18.3. The van der Waals surface area contributed by atoms with Crippen molar-refractivity contribution in [3.63, 3.8) is 0 Å². The molecule has 0 aliphatic carbocycles. The fourth-order valence-corrected chi connectivity index (χ4v) is 2.15. The number of nitrogens with zero attached hydrogens (tertiary/aromatic N) is 1. The molecule has 0 radical (unpaired) electrons. The summed E-state index contributed by atoms with van der Waals surface area (Å²) in [5.41, 5.74) is 3.27. The summed E-state index contributed by atoms with van der Waals surface area (Å²) in [6.45, 7) is -0.0782. The zero-order valence-electron chi connectivity index (χ0n) is 13.3. The molecule has 0 aliphatic rings. The first-order valence-corrected chi connectivity index (χ1v) is 7.30. The minimum absolute atomic E-state index is 0.0782. The molecule has 0 aliphatic heterocycles. The predicted octanol–water partition coefficient (Wildman–Crippen LogP) is 2.60. The Bertz CT molecular complexity index is 748. The summed E-state index contributed by atoms with van der Waals surface area (Å²) in [5.74, 6) is -1.60. The summed E-state index contributed by atoms with van der Waals surface area (Å²) < 4.78 is 38.7. The van der Waals surface area contributed by atoms with Gasteiger partial charge in [0.05, 0.1) is 17.7 Å². The first-order valence-electron chi connectivity index (χ1n) is 7.30. The summed E-state index contributed by atoms with van der Waals surface area (Å²) in [5, 5.41) is 0. The Morgan fingerprint density at radius 3 is 2.20 bits per heavy atom. The normalized spacial score (nSPS) is 10.9. The lowest BCUT2D eigenvalue weighted by atomic mass is 10.1. The van der Waals surface area contributed by atoms with Crippen molar-refractivity contribution < 1.29 is 22.8 Å². The largest absolute Gasteiger partial charge is 0.417 e. The number of alkyl halides is 3. The number of likely N-dealkylation sites (N-methyl/N-ethyl adjacent to an activating group) is 1. The average Bonchev–Trinajstić information content (AvgIpc) is 2.59. The van der Waals surface area contributed by atoms with Gasteiger partial charge in [0.2, 0.25) is 0 Å². The highest BCUT2D eigenvalue weighted by Gasteiger charge is 2.34. The lowest BCUT2D eigenvalue weighted by Gasteiger charge is -2.19. The Labute approximate surface area is 142 Å². The maximum atomic E-state index is 12.9. The van der Waals surface area contributed by atoms with Crippen LogP contribution in [0.25, 0.3) is 0 Å². The Kier molecular flexibility index (Phi) is 5.63. The second kappa shape index (κ2) is 7.69. The molecule has 2 rings (SSSR count). The van der Waals surface area contributed by atoms with Crippen molar-refractivity contribution in [2.75, 3.05) is 18.5 Å². The summed E-state index contributed by atoms with van der Waals surface area (Å²) >= 11 is 0. The number of benzene rings is 2. The molecule has 0 atom stereocenters. The molecule has 0 bridgehead atoms. The summed E-state index contributed by atoms with van der Waals surface area (Å²) in [6, 6.07) is 13.4. The Morgan fingerprint density at radius 2 is 1.56 bits per heavy atom. The van der Waals surface area contributed by atoms with Crippen LogP contribution in [-0.2, 0) is 11.0 Å². The lowest BCUT2D eigenvalue weighted by Crippen LogP contribution is -2.46. The summed E-state index contributed by atoms with van der Waals surface area (Å²) in [7, 11) is 1.68. The van der Waals surface area contributed by atoms with E-state index in [-0.39, 0.29) is 6.54 Å². The van der Waals surface area contributed by atoms with Gasteiger partial charge in [-0.25, -0.2) is 0 Å². The smallest absolute Gasteiger partial charge is 0.365 e. The van der Waals surface area contributed by atoms with Crippen molar-refractivity contribution >= 4 is 17.5 Å². The molecular weight excluding hydrogens is 335 g/mol. The van der Waals surface area contributed by atoms with E-state index < -0.39 is 29.1 Å². The number of hydrazine groups is 1. The van der Waals surface area contributed by atoms with Gasteiger partial charge in [0.15, 0.2) is 0 Å². The topological polar surface area (TPSA) is 61.4 Å². The fraction of sp³-hybridized carbons (Fsp3) is 0.176. The van der Waals surface area contributed by atoms with Crippen LogP contribution < -0.4 is 15.8 Å². The number of nitrogens with one attached hydrogen (secondary N) is 2. The fourth-order valence-electron chi connectivity index (χ4n) is 2.15. The molecule has 0 saturated heterocycles. The van der Waals surface area contributed by atoms with Crippen molar-refractivity contribution in [3.05, 3.63) is 65.7 Å². The zero-order chi connectivity index (χ0) is 18.4. The standard InChI is InChI=1S/C17H16F3N3O2/c1-23(12-7-3-2-4-8-12)11-15(24)21-22-16(25)13-9-5-6-10-14(13)17(18,19)20/h2-10H,11H2,1H3,(H,21,24)(H,22,25). The van der Waals surface area contributed by atoms with Gasteiger partial charge in [0.25, 0.3) is 11.8 Å². The van der Waals surface area contributed by atoms with Crippen molar-refractivity contribution in [2.24, 2.45) is 0 Å². The van der Waals surface area contributed by atoms with Crippen LogP contribution in [0.4, 0.5) is 18.9 Å². The number of halogens is 3. The zero-order valence-corrected chi connectivity index (χ0v) is 13.3. The molecule has 8 heteroatoms. The summed E-state index contributed by atoms with van der Waals surface area (Å²) in [4.78, 5) is 25.4. The third-order valence-corrected chi connectivity index (χ3v) is 3.37. The molecule has 132 valence electrons. The highest BCUT2D eigenvalue weighted by atomic mass is 19.4. The van der Waals surface area contributed by atoms with E-state index in [4.69, 9.17) is 0 Å². The molecule has 2 aromatic carbocycles. The minimum atomic E-state index is -4.66. The van der Waals surface area contributed by atoms with Gasteiger partial charge in [0.1, 0.15) is 0 Å². The van der Waals surface area contributed by atoms with Crippen LogP contribution in [0, 0.1) is 0 Å². The van der Waals surface area contributed by atoms with Crippen molar-refractivity contribution in [2.45, 2.75) is 6.18 Å². The first-order chi connectivity index (χ1) is 11.8. The number of anilines is 1. The van der Waals surface area contributed by atoms with Crippen LogP contribution in [-0.4, -0.2) is 25.4 Å². The molecule has 5 nitrogen and oxygen atoms in total. The minimum Gasteiger partial charge on any atom is -0.365 e. The van der Waals surface area contributed by atoms with Crippen LogP contribution in [0.2, 0.25) is 0 Å². The van der Waals surface area contributed by atoms with Gasteiger partial charge in [-0.3, -0.25) is 20.4 Å². The maximum absolute atomic E-state index is 12.9. The molecule has 2 N–H and O–H groups in total. The molecule has 0 aromatic heterocycles. The number of rotatable bonds is 4. The second-order valence-electron chi connectivity index (χ2n) is 5.24. The van der Waals surface area contributed by atoms with Crippen molar-refractivity contribution in [1.82, 2.24) is 10.9 Å². The molecule has 25 heavy (non-hydrogen) atoms. The Hall–Kier alpha value is -3.03. The molecule has 2 aromatic rings. The van der Waals surface area contributed by atoms with Gasteiger partial charge in [-0.1, -0.05) is 30.3 Å². The van der Waals surface area contributed by atoms with Gasteiger partial charge in [0, 0.05) is 12.7 Å². The number of carbonyl (C=O) groups is 2. The van der Waals surface area contributed by atoms with Crippen LogP contribution in [0.1, 0.15) is 15.9 Å². The Morgan fingerprint density at radius 1 is 0.960 bits per heavy atom. The number of hydrogen-bond acceptors (Lipinski definition) is 3. The Balaban J connectivity index is 1.95. The lowest BCUT2D eigenvalue weighted by molar-refractivity contribution is -0.137.